The maximum atomic E-state index is 14.0. The van der Waals surface area contributed by atoms with Crippen LogP contribution in [-0.2, 0) is 13.6 Å². The molecule has 1 unspecified atom stereocenters. The second kappa shape index (κ2) is 6.34. The Hall–Kier alpha value is -1.76. The summed E-state index contributed by atoms with van der Waals surface area (Å²) in [6.07, 6.45) is 0. The third-order valence-corrected chi connectivity index (χ3v) is 5.01. The van der Waals surface area contributed by atoms with E-state index in [0.717, 1.165) is 0 Å². The lowest BCUT2D eigenvalue weighted by atomic mass is 10.2. The Bertz CT molecular complexity index is 655. The quantitative estimate of drug-likeness (QED) is 0.819. The molecule has 1 aromatic heterocycles. The molecule has 0 aliphatic rings. The topological polar surface area (TPSA) is 86.5 Å². The van der Waals surface area contributed by atoms with Crippen molar-refractivity contribution in [3.8, 4) is 0 Å². The standard InChI is InChI=1S/C12H15FN3O4P/c1-8-11(16-20-15-8)14-12(21(17,18-2)19-3)9-6-4-5-7-10(9)13/h4-7,12H,1-3H3,(H,14,16). The number of hydrogen-bond acceptors (Lipinski definition) is 7. The Morgan fingerprint density at radius 3 is 2.48 bits per heavy atom. The van der Waals surface area contributed by atoms with Gasteiger partial charge < -0.3 is 14.4 Å². The molecule has 1 aromatic carbocycles. The van der Waals surface area contributed by atoms with Gasteiger partial charge in [-0.15, -0.1) is 0 Å². The lowest BCUT2D eigenvalue weighted by Crippen LogP contribution is -2.15. The molecule has 0 fully saturated rings. The van der Waals surface area contributed by atoms with Crippen molar-refractivity contribution >= 4 is 13.4 Å². The largest absolute Gasteiger partial charge is 0.356 e. The number of halogens is 1. The van der Waals surface area contributed by atoms with E-state index in [-0.39, 0.29) is 11.4 Å². The van der Waals surface area contributed by atoms with Gasteiger partial charge in [0.15, 0.2) is 11.6 Å². The van der Waals surface area contributed by atoms with Crippen LogP contribution in [0.4, 0.5) is 10.2 Å². The second-order valence-corrected chi connectivity index (χ2v) is 6.50. The summed E-state index contributed by atoms with van der Waals surface area (Å²) in [5.74, 6) is -1.39. The molecule has 0 spiro atoms. The van der Waals surface area contributed by atoms with E-state index in [0.29, 0.717) is 5.69 Å². The van der Waals surface area contributed by atoms with Crippen molar-refractivity contribution in [2.75, 3.05) is 19.5 Å². The number of rotatable bonds is 6. The molecule has 0 amide bonds. The maximum Gasteiger partial charge on any atom is 0.356 e. The zero-order chi connectivity index (χ0) is 15.5. The zero-order valence-electron chi connectivity index (χ0n) is 11.7. The first-order valence-corrected chi connectivity index (χ1v) is 7.64. The van der Waals surface area contributed by atoms with E-state index in [1.807, 2.05) is 0 Å². The SMILES string of the molecule is COP(=O)(OC)C(Nc1nonc1C)c1ccccc1F. The summed E-state index contributed by atoms with van der Waals surface area (Å²) in [4.78, 5) is 0. The summed E-state index contributed by atoms with van der Waals surface area (Å²) < 4.78 is 41.2. The molecule has 0 aliphatic heterocycles. The fourth-order valence-electron chi connectivity index (χ4n) is 1.80. The summed E-state index contributed by atoms with van der Waals surface area (Å²) in [6, 6.07) is 5.90. The first-order chi connectivity index (χ1) is 10.0. The normalized spacial score (nSPS) is 13.1. The monoisotopic (exact) mass is 315 g/mol. The van der Waals surface area contributed by atoms with Gasteiger partial charge in [0.25, 0.3) is 0 Å². The van der Waals surface area contributed by atoms with Gasteiger partial charge in [-0.05, 0) is 18.1 Å². The van der Waals surface area contributed by atoms with Gasteiger partial charge in [0.2, 0.25) is 0 Å². The highest BCUT2D eigenvalue weighted by molar-refractivity contribution is 7.54. The molecule has 21 heavy (non-hydrogen) atoms. The summed E-state index contributed by atoms with van der Waals surface area (Å²) in [5.41, 5.74) is 0.571. The number of aromatic nitrogens is 2. The number of hydrogen-bond donors (Lipinski definition) is 1. The molecule has 2 rings (SSSR count). The van der Waals surface area contributed by atoms with Crippen molar-refractivity contribution in [2.24, 2.45) is 0 Å². The Labute approximate surface area is 120 Å². The lowest BCUT2D eigenvalue weighted by Gasteiger charge is -2.25. The Balaban J connectivity index is 2.47. The second-order valence-electron chi connectivity index (χ2n) is 4.17. The molecule has 0 saturated heterocycles. The molecule has 1 heterocycles. The molecule has 0 bridgehead atoms. The highest BCUT2D eigenvalue weighted by Gasteiger charge is 2.38. The molecule has 114 valence electrons. The van der Waals surface area contributed by atoms with E-state index in [1.54, 1.807) is 13.0 Å². The molecule has 1 N–H and O–H groups in total. The van der Waals surface area contributed by atoms with Gasteiger partial charge >= 0.3 is 7.60 Å². The Morgan fingerprint density at radius 2 is 1.95 bits per heavy atom. The summed E-state index contributed by atoms with van der Waals surface area (Å²) in [6.45, 7) is 1.64. The smallest absolute Gasteiger partial charge is 0.348 e. The molecule has 0 aliphatic carbocycles. The fraction of sp³-hybridized carbons (Fsp3) is 0.333. The molecule has 9 heteroatoms. The zero-order valence-corrected chi connectivity index (χ0v) is 12.6. The predicted octanol–water partition coefficient (Wildman–Crippen LogP) is 3.11. The molecule has 0 radical (unpaired) electrons. The number of nitrogens with zero attached hydrogens (tertiary/aromatic N) is 2. The number of nitrogens with one attached hydrogen (secondary N) is 1. The van der Waals surface area contributed by atoms with Gasteiger partial charge in [0, 0.05) is 19.8 Å². The highest BCUT2D eigenvalue weighted by Crippen LogP contribution is 2.60. The van der Waals surface area contributed by atoms with Gasteiger partial charge in [-0.25, -0.2) is 9.02 Å². The van der Waals surface area contributed by atoms with Crippen molar-refractivity contribution in [3.63, 3.8) is 0 Å². The van der Waals surface area contributed by atoms with E-state index in [1.165, 1.54) is 32.4 Å². The molecule has 1 atom stereocenters. The minimum atomic E-state index is -3.66. The number of aryl methyl sites for hydroxylation is 1. The van der Waals surface area contributed by atoms with Crippen LogP contribution < -0.4 is 5.32 Å². The van der Waals surface area contributed by atoms with E-state index >= 15 is 0 Å². The van der Waals surface area contributed by atoms with E-state index in [2.05, 4.69) is 20.3 Å². The first kappa shape index (κ1) is 15.6. The van der Waals surface area contributed by atoms with Crippen LogP contribution in [0.15, 0.2) is 28.9 Å². The van der Waals surface area contributed by atoms with Crippen molar-refractivity contribution < 1.29 is 22.6 Å². The first-order valence-electron chi connectivity index (χ1n) is 6.03. The van der Waals surface area contributed by atoms with Crippen molar-refractivity contribution in [3.05, 3.63) is 41.3 Å². The van der Waals surface area contributed by atoms with Crippen molar-refractivity contribution in [1.29, 1.82) is 0 Å². The maximum absolute atomic E-state index is 14.0. The Kier molecular flexibility index (Phi) is 4.72. The average molecular weight is 315 g/mol. The van der Waals surface area contributed by atoms with Gasteiger partial charge in [-0.2, -0.15) is 0 Å². The third kappa shape index (κ3) is 3.12. The van der Waals surface area contributed by atoms with Crippen LogP contribution in [0, 0.1) is 12.7 Å². The minimum Gasteiger partial charge on any atom is -0.348 e. The van der Waals surface area contributed by atoms with Crippen LogP contribution in [0.1, 0.15) is 17.0 Å². The summed E-state index contributed by atoms with van der Waals surface area (Å²) in [7, 11) is -1.20. The molecule has 7 nitrogen and oxygen atoms in total. The van der Waals surface area contributed by atoms with E-state index in [4.69, 9.17) is 9.05 Å². The van der Waals surface area contributed by atoms with Gasteiger partial charge in [-0.1, -0.05) is 23.4 Å². The third-order valence-electron chi connectivity index (χ3n) is 2.95. The molecular formula is C12H15FN3O4P. The lowest BCUT2D eigenvalue weighted by molar-refractivity contribution is 0.267. The highest BCUT2D eigenvalue weighted by atomic mass is 31.2. The fourth-order valence-corrected chi connectivity index (χ4v) is 3.20. The van der Waals surface area contributed by atoms with Crippen molar-refractivity contribution in [2.45, 2.75) is 12.7 Å². The van der Waals surface area contributed by atoms with Gasteiger partial charge in [0.05, 0.1) is 0 Å². The Morgan fingerprint density at radius 1 is 1.29 bits per heavy atom. The van der Waals surface area contributed by atoms with Gasteiger partial charge in [0.1, 0.15) is 11.5 Å². The van der Waals surface area contributed by atoms with Crippen LogP contribution in [0.2, 0.25) is 0 Å². The van der Waals surface area contributed by atoms with E-state index in [9.17, 15) is 8.96 Å². The molecule has 2 aromatic rings. The number of benzene rings is 1. The summed E-state index contributed by atoms with van der Waals surface area (Å²) in [5, 5.41) is 10.1. The van der Waals surface area contributed by atoms with Crippen molar-refractivity contribution in [1.82, 2.24) is 10.3 Å². The van der Waals surface area contributed by atoms with Crippen LogP contribution in [0.5, 0.6) is 0 Å². The van der Waals surface area contributed by atoms with Crippen LogP contribution in [0.3, 0.4) is 0 Å². The predicted molar refractivity (Wildman–Crippen MR) is 73.4 cm³/mol. The molecular weight excluding hydrogens is 300 g/mol. The van der Waals surface area contributed by atoms with Crippen LogP contribution in [-0.4, -0.2) is 24.5 Å². The summed E-state index contributed by atoms with van der Waals surface area (Å²) >= 11 is 0. The number of anilines is 1. The molecule has 0 saturated carbocycles. The van der Waals surface area contributed by atoms with Crippen LogP contribution in [0.25, 0.3) is 0 Å². The van der Waals surface area contributed by atoms with E-state index < -0.39 is 19.2 Å². The average Bonchev–Trinajstić information content (AvgIpc) is 2.90. The van der Waals surface area contributed by atoms with Gasteiger partial charge in [-0.3, -0.25) is 4.57 Å². The van der Waals surface area contributed by atoms with Crippen LogP contribution >= 0.6 is 7.60 Å². The minimum absolute atomic E-state index is 0.131.